The number of rotatable bonds is 1. The van der Waals surface area contributed by atoms with Crippen molar-refractivity contribution in [3.8, 4) is 0 Å². The average Bonchev–Trinajstić information content (AvgIpc) is 2.28. The van der Waals surface area contributed by atoms with Gasteiger partial charge in [0, 0.05) is 16.6 Å². The number of hydrogen-bond donors (Lipinski definition) is 3. The van der Waals surface area contributed by atoms with Crippen LogP contribution in [0.25, 0.3) is 10.9 Å². The Labute approximate surface area is 95.2 Å². The summed E-state index contributed by atoms with van der Waals surface area (Å²) in [7, 11) is 0. The maximum Gasteiger partial charge on any atom is 0.270 e. The average molecular weight is 238 g/mol. The van der Waals surface area contributed by atoms with Crippen molar-refractivity contribution in [3.63, 3.8) is 0 Å². The van der Waals surface area contributed by atoms with E-state index in [9.17, 15) is 9.59 Å². The molecule has 1 aromatic heterocycles. The first-order valence-electron chi connectivity index (χ1n) is 4.45. The molecule has 1 aromatic carbocycles. The number of H-pyrrole nitrogens is 1. The monoisotopic (exact) mass is 237 g/mol. The lowest BCUT2D eigenvalue weighted by Gasteiger charge is -2.02. The van der Waals surface area contributed by atoms with E-state index in [0.717, 1.165) is 0 Å². The fourth-order valence-corrected chi connectivity index (χ4v) is 1.61. The molecule has 0 atom stereocenters. The van der Waals surface area contributed by atoms with Crippen LogP contribution in [0.5, 0.6) is 0 Å². The molecule has 0 aliphatic heterocycles. The van der Waals surface area contributed by atoms with E-state index in [2.05, 4.69) is 4.98 Å². The molecule has 6 heteroatoms. The summed E-state index contributed by atoms with van der Waals surface area (Å²) >= 11 is 5.78. The topological polar surface area (TPSA) is 88.0 Å². The summed E-state index contributed by atoms with van der Waals surface area (Å²) in [5.74, 6) is 4.34. The van der Waals surface area contributed by atoms with Gasteiger partial charge in [-0.25, -0.2) is 5.84 Å². The highest BCUT2D eigenvalue weighted by Gasteiger charge is 2.11. The number of hydrogen-bond acceptors (Lipinski definition) is 3. The zero-order valence-electron chi connectivity index (χ0n) is 8.08. The van der Waals surface area contributed by atoms with Gasteiger partial charge in [0.05, 0.1) is 5.52 Å². The lowest BCUT2D eigenvalue weighted by Crippen LogP contribution is -2.33. The molecule has 4 N–H and O–H groups in total. The fourth-order valence-electron chi connectivity index (χ4n) is 1.44. The second-order valence-electron chi connectivity index (χ2n) is 3.19. The lowest BCUT2D eigenvalue weighted by atomic mass is 10.1. The molecule has 0 aliphatic rings. The van der Waals surface area contributed by atoms with Gasteiger partial charge in [-0.2, -0.15) is 0 Å². The van der Waals surface area contributed by atoms with Crippen LogP contribution in [-0.2, 0) is 0 Å². The van der Waals surface area contributed by atoms with E-state index >= 15 is 0 Å². The highest BCUT2D eigenvalue weighted by molar-refractivity contribution is 6.31. The molecule has 1 amide bonds. The van der Waals surface area contributed by atoms with Crippen LogP contribution in [0.4, 0.5) is 0 Å². The molecule has 2 rings (SSSR count). The van der Waals surface area contributed by atoms with Crippen LogP contribution in [0.15, 0.2) is 29.2 Å². The van der Waals surface area contributed by atoms with E-state index in [0.29, 0.717) is 15.9 Å². The van der Waals surface area contributed by atoms with Crippen molar-refractivity contribution in [2.75, 3.05) is 0 Å². The van der Waals surface area contributed by atoms with Crippen LogP contribution < -0.4 is 16.7 Å². The van der Waals surface area contributed by atoms with E-state index < -0.39 is 5.91 Å². The van der Waals surface area contributed by atoms with Gasteiger partial charge in [0.25, 0.3) is 5.91 Å². The molecule has 0 spiro atoms. The molecule has 82 valence electrons. The van der Waals surface area contributed by atoms with Gasteiger partial charge in [0.2, 0.25) is 5.43 Å². The molecule has 0 aliphatic carbocycles. The number of amides is 1. The van der Waals surface area contributed by atoms with Crippen molar-refractivity contribution in [2.24, 2.45) is 5.84 Å². The molecule has 0 radical (unpaired) electrons. The Morgan fingerprint density at radius 3 is 2.88 bits per heavy atom. The van der Waals surface area contributed by atoms with Crippen LogP contribution in [0, 0.1) is 0 Å². The minimum atomic E-state index is -0.627. The number of carbonyl (C=O) groups is 1. The largest absolute Gasteiger partial charge is 0.360 e. The number of fused-ring (bicyclic) bond motifs is 1. The first kappa shape index (κ1) is 10.7. The Morgan fingerprint density at radius 2 is 2.19 bits per heavy atom. The summed E-state index contributed by atoms with van der Waals surface area (Å²) in [6, 6.07) is 4.76. The number of hydrazine groups is 1. The molecule has 1 heterocycles. The van der Waals surface area contributed by atoms with Crippen molar-refractivity contribution in [2.45, 2.75) is 0 Å². The minimum absolute atomic E-state index is 0.0303. The summed E-state index contributed by atoms with van der Waals surface area (Å²) in [4.78, 5) is 25.9. The van der Waals surface area contributed by atoms with Crippen LogP contribution in [-0.4, -0.2) is 10.9 Å². The third-order valence-corrected chi connectivity index (χ3v) is 2.45. The number of aromatic amines is 1. The number of halogens is 1. The SMILES string of the molecule is NNC(=O)c1c[nH]c2cc(Cl)ccc2c1=O. The van der Waals surface area contributed by atoms with E-state index in [4.69, 9.17) is 17.4 Å². The highest BCUT2D eigenvalue weighted by Crippen LogP contribution is 2.14. The molecule has 0 saturated heterocycles. The van der Waals surface area contributed by atoms with E-state index in [1.54, 1.807) is 18.2 Å². The Balaban J connectivity index is 2.76. The van der Waals surface area contributed by atoms with Crippen molar-refractivity contribution < 1.29 is 4.79 Å². The minimum Gasteiger partial charge on any atom is -0.360 e. The zero-order chi connectivity index (χ0) is 11.7. The lowest BCUT2D eigenvalue weighted by molar-refractivity contribution is 0.0952. The van der Waals surface area contributed by atoms with Crippen molar-refractivity contribution in [1.82, 2.24) is 10.4 Å². The standard InChI is InChI=1S/C10H8ClN3O2/c11-5-1-2-6-8(3-5)13-4-7(9(6)15)10(16)14-12/h1-4H,12H2,(H,13,15)(H,14,16). The van der Waals surface area contributed by atoms with E-state index in [1.165, 1.54) is 6.20 Å². The number of carbonyl (C=O) groups excluding carboxylic acids is 1. The number of pyridine rings is 1. The van der Waals surface area contributed by atoms with Crippen LogP contribution in [0.1, 0.15) is 10.4 Å². The predicted octanol–water partition coefficient (Wildman–Crippen LogP) is 0.785. The third kappa shape index (κ3) is 1.66. The second-order valence-corrected chi connectivity index (χ2v) is 3.63. The second kappa shape index (κ2) is 3.96. The van der Waals surface area contributed by atoms with Gasteiger partial charge in [-0.15, -0.1) is 0 Å². The van der Waals surface area contributed by atoms with E-state index in [1.807, 2.05) is 5.43 Å². The zero-order valence-corrected chi connectivity index (χ0v) is 8.84. The molecular weight excluding hydrogens is 230 g/mol. The number of aromatic nitrogens is 1. The van der Waals surface area contributed by atoms with Crippen molar-refractivity contribution >= 4 is 28.4 Å². The number of nitrogen functional groups attached to an aromatic ring is 1. The highest BCUT2D eigenvalue weighted by atomic mass is 35.5. The molecule has 5 nitrogen and oxygen atoms in total. The molecular formula is C10H8ClN3O2. The first-order chi connectivity index (χ1) is 7.63. The summed E-state index contributed by atoms with van der Waals surface area (Å²) in [5, 5.41) is 0.907. The Kier molecular flexibility index (Phi) is 2.64. The van der Waals surface area contributed by atoms with Gasteiger partial charge in [-0.1, -0.05) is 11.6 Å². The Hall–Kier alpha value is -1.85. The van der Waals surface area contributed by atoms with Gasteiger partial charge in [0.1, 0.15) is 5.56 Å². The van der Waals surface area contributed by atoms with Crippen LogP contribution in [0.3, 0.4) is 0 Å². The van der Waals surface area contributed by atoms with Gasteiger partial charge in [-0.05, 0) is 18.2 Å². The van der Waals surface area contributed by atoms with E-state index in [-0.39, 0.29) is 11.0 Å². The summed E-state index contributed by atoms with van der Waals surface area (Å²) in [6.45, 7) is 0. The van der Waals surface area contributed by atoms with Crippen molar-refractivity contribution in [1.29, 1.82) is 0 Å². The maximum absolute atomic E-state index is 11.9. The fraction of sp³-hybridized carbons (Fsp3) is 0. The van der Waals surface area contributed by atoms with Gasteiger partial charge >= 0.3 is 0 Å². The molecule has 2 aromatic rings. The number of nitrogens with one attached hydrogen (secondary N) is 2. The Bertz CT molecular complexity index is 621. The molecule has 0 fully saturated rings. The molecule has 16 heavy (non-hydrogen) atoms. The quantitative estimate of drug-likeness (QED) is 0.389. The van der Waals surface area contributed by atoms with Gasteiger partial charge < -0.3 is 4.98 Å². The summed E-state index contributed by atoms with van der Waals surface area (Å²) in [5.41, 5.74) is 2.08. The molecule has 0 unspecified atom stereocenters. The van der Waals surface area contributed by atoms with Crippen LogP contribution in [0.2, 0.25) is 5.02 Å². The number of nitrogens with two attached hydrogens (primary N) is 1. The van der Waals surface area contributed by atoms with Crippen molar-refractivity contribution in [3.05, 3.63) is 45.2 Å². The first-order valence-corrected chi connectivity index (χ1v) is 4.83. The molecule has 0 bridgehead atoms. The smallest absolute Gasteiger partial charge is 0.270 e. The Morgan fingerprint density at radius 1 is 1.44 bits per heavy atom. The number of benzene rings is 1. The normalized spacial score (nSPS) is 10.4. The molecule has 0 saturated carbocycles. The predicted molar refractivity (Wildman–Crippen MR) is 61.2 cm³/mol. The summed E-state index contributed by atoms with van der Waals surface area (Å²) in [6.07, 6.45) is 1.31. The van der Waals surface area contributed by atoms with Gasteiger partial charge in [-0.3, -0.25) is 15.0 Å². The van der Waals surface area contributed by atoms with Crippen LogP contribution >= 0.6 is 11.6 Å². The van der Waals surface area contributed by atoms with Gasteiger partial charge in [0.15, 0.2) is 0 Å². The third-order valence-electron chi connectivity index (χ3n) is 2.22. The maximum atomic E-state index is 11.9. The summed E-state index contributed by atoms with van der Waals surface area (Å²) < 4.78 is 0.